The summed E-state index contributed by atoms with van der Waals surface area (Å²) in [7, 11) is -3.97. The van der Waals surface area contributed by atoms with Gasteiger partial charge in [-0.05, 0) is 83.5 Å². The minimum atomic E-state index is -3.97. The summed E-state index contributed by atoms with van der Waals surface area (Å²) in [5, 5.41) is 21.5. The Morgan fingerprint density at radius 1 is 1.12 bits per heavy atom. The maximum absolute atomic E-state index is 14.8. The molecular weight excluding hydrogens is 558 g/mol. The molecule has 2 saturated carbocycles. The minimum absolute atomic E-state index is 0.0860. The minimum Gasteiger partial charge on any atom is -0.476 e. The summed E-state index contributed by atoms with van der Waals surface area (Å²) < 4.78 is 52.8. The van der Waals surface area contributed by atoms with Crippen molar-refractivity contribution in [3.8, 4) is 16.4 Å². The van der Waals surface area contributed by atoms with Crippen LogP contribution in [0.5, 0.6) is 0 Å². The summed E-state index contributed by atoms with van der Waals surface area (Å²) in [5.41, 5.74) is 4.00. The monoisotopic (exact) mass is 585 g/mol. The maximum atomic E-state index is 14.8. The number of nitrogens with two attached hydrogens (primary N) is 1. The molecule has 12 heteroatoms. The quantitative estimate of drug-likeness (QED) is 0.207. The Balaban J connectivity index is 1.51. The van der Waals surface area contributed by atoms with Gasteiger partial charge in [0.05, 0.1) is 11.4 Å². The third-order valence-corrected chi connectivity index (χ3v) is 9.45. The molecule has 0 radical (unpaired) electrons. The molecule has 4 N–H and O–H groups in total. The van der Waals surface area contributed by atoms with Crippen LogP contribution in [0.3, 0.4) is 0 Å². The zero-order valence-electron chi connectivity index (χ0n) is 21.3. The van der Waals surface area contributed by atoms with E-state index in [1.165, 1.54) is 23.6 Å². The molecule has 2 fully saturated rings. The van der Waals surface area contributed by atoms with E-state index in [-0.39, 0.29) is 23.8 Å². The third-order valence-electron chi connectivity index (χ3n) is 7.67. The number of carbonyl (C=O) groups is 1. The molecule has 2 aliphatic carbocycles. The van der Waals surface area contributed by atoms with Crippen molar-refractivity contribution in [2.24, 2.45) is 11.1 Å². The molecule has 0 saturated heterocycles. The first-order valence-electron chi connectivity index (χ1n) is 13.0. The number of thiazole rings is 1. The summed E-state index contributed by atoms with van der Waals surface area (Å²) in [4.78, 5) is 15.4. The fraction of sp³-hybridized carbons (Fsp3) is 0.321. The molecule has 40 heavy (non-hydrogen) atoms. The van der Waals surface area contributed by atoms with Crippen molar-refractivity contribution in [3.05, 3.63) is 81.5 Å². The van der Waals surface area contributed by atoms with Crippen LogP contribution in [-0.4, -0.2) is 30.4 Å². The highest BCUT2D eigenvalue weighted by molar-refractivity contribution is 7.95. The molecule has 2 aliphatic rings. The van der Waals surface area contributed by atoms with Crippen LogP contribution < -0.4 is 5.14 Å². The lowest BCUT2D eigenvalue weighted by Crippen LogP contribution is -2.22. The lowest BCUT2D eigenvalue weighted by molar-refractivity contribution is 0.0691. The van der Waals surface area contributed by atoms with E-state index < -0.39 is 27.1 Å². The lowest BCUT2D eigenvalue weighted by Gasteiger charge is -2.26. The molecule has 0 amide bonds. The van der Waals surface area contributed by atoms with Gasteiger partial charge in [-0.15, -0.1) is 16.5 Å². The Morgan fingerprint density at radius 3 is 2.50 bits per heavy atom. The molecule has 0 bridgehead atoms. The molecule has 1 atom stereocenters. The molecular formula is C28H27F2N4O4S2+. The van der Waals surface area contributed by atoms with Crippen LogP contribution in [0.1, 0.15) is 70.9 Å². The van der Waals surface area contributed by atoms with Crippen molar-refractivity contribution in [3.63, 3.8) is 0 Å². The Kier molecular flexibility index (Phi) is 6.89. The van der Waals surface area contributed by atoms with Gasteiger partial charge in [0.1, 0.15) is 5.82 Å². The highest BCUT2D eigenvalue weighted by Crippen LogP contribution is 2.41. The van der Waals surface area contributed by atoms with E-state index in [0.29, 0.717) is 39.9 Å². The zero-order chi connectivity index (χ0) is 28.2. The fourth-order valence-electron chi connectivity index (χ4n) is 5.14. The van der Waals surface area contributed by atoms with Crippen LogP contribution in [0.4, 0.5) is 8.78 Å². The highest BCUT2D eigenvalue weighted by Gasteiger charge is 2.32. The number of benzene rings is 2. The van der Waals surface area contributed by atoms with Crippen molar-refractivity contribution in [2.75, 3.05) is 0 Å². The third kappa shape index (κ3) is 5.24. The second kappa shape index (κ2) is 10.3. The van der Waals surface area contributed by atoms with Crippen LogP contribution in [-0.2, 0) is 27.5 Å². The topological polar surface area (TPSA) is 131 Å². The Morgan fingerprint density at radius 2 is 1.90 bits per heavy atom. The maximum Gasteiger partial charge on any atom is 0.355 e. The van der Waals surface area contributed by atoms with Crippen molar-refractivity contribution in [1.82, 2.24) is 14.8 Å². The van der Waals surface area contributed by atoms with Gasteiger partial charge in [0.25, 0.3) is 0 Å². The summed E-state index contributed by atoms with van der Waals surface area (Å²) in [6.45, 7) is 0. The largest absolute Gasteiger partial charge is 0.476 e. The standard InChI is InChI=1S/C28H26F2N4O4S2/c29-21-8-7-18(13-19(21)17-2-1-3-17)26-20(10-16-6-9-25(22(30)11-16)40(31,37)38)24(12-15-4-5-15)34(33-26)28-32-23(14-39-28)27(35)36/h6-9,11,13-15,17H,1-5,10,12H2,(H3-,31,35,36,37,38)/p+1. The van der Waals surface area contributed by atoms with Gasteiger partial charge in [-0.1, -0.05) is 12.5 Å². The predicted molar refractivity (Wildman–Crippen MR) is 147 cm³/mol. The average molecular weight is 586 g/mol. The number of hydrogen-bond donors (Lipinski definition) is 3. The molecule has 2 aromatic carbocycles. The second-order valence-electron chi connectivity index (χ2n) is 10.5. The molecule has 0 aliphatic heterocycles. The van der Waals surface area contributed by atoms with Crippen LogP contribution >= 0.6 is 11.3 Å². The number of carboxylic acids is 1. The number of halogens is 2. The van der Waals surface area contributed by atoms with Gasteiger partial charge in [0.2, 0.25) is 10.0 Å². The van der Waals surface area contributed by atoms with Gasteiger partial charge in [-0.2, -0.15) is 9.65 Å². The van der Waals surface area contributed by atoms with Gasteiger partial charge in [0, 0.05) is 29.0 Å². The van der Waals surface area contributed by atoms with Crippen molar-refractivity contribution < 1.29 is 27.4 Å². The first-order chi connectivity index (χ1) is 19.1. The molecule has 4 aromatic rings. The van der Waals surface area contributed by atoms with E-state index in [4.69, 9.17) is 10.2 Å². The van der Waals surface area contributed by atoms with E-state index in [0.717, 1.165) is 54.7 Å². The smallest absolute Gasteiger partial charge is 0.355 e. The molecule has 6 rings (SSSR count). The molecule has 2 aromatic heterocycles. The average Bonchev–Trinajstić information content (AvgIpc) is 3.41. The fourth-order valence-corrected chi connectivity index (χ4v) is 6.52. The number of rotatable bonds is 9. The summed E-state index contributed by atoms with van der Waals surface area (Å²) in [5.74, 6) is -1.70. The summed E-state index contributed by atoms with van der Waals surface area (Å²) in [6, 6.07) is 8.92. The predicted octanol–water partition coefficient (Wildman–Crippen LogP) is 5.99. The second-order valence-corrected chi connectivity index (χ2v) is 12.9. The number of carboxylic acid groups (broad SMARTS) is 1. The van der Waals surface area contributed by atoms with E-state index in [1.807, 2.05) is 6.07 Å². The SMILES string of the molecule is N[S+](=O)(O)c1ccc(Cc2c(-c3ccc(F)c(C4CCC4)c3)nn(-c3nc(C(=O)O)cs3)c2CC2CC2)cc1F. The van der Waals surface area contributed by atoms with Crippen LogP contribution in [0.25, 0.3) is 16.4 Å². The molecule has 208 valence electrons. The van der Waals surface area contributed by atoms with Crippen LogP contribution in [0.2, 0.25) is 0 Å². The first-order valence-corrected chi connectivity index (χ1v) is 15.5. The van der Waals surface area contributed by atoms with Crippen molar-refractivity contribution >= 4 is 27.7 Å². The molecule has 0 spiro atoms. The number of nitrogens with zero attached hydrogens (tertiary/aromatic N) is 3. The molecule has 1 unspecified atom stereocenters. The van der Waals surface area contributed by atoms with Gasteiger partial charge >= 0.3 is 16.4 Å². The van der Waals surface area contributed by atoms with Gasteiger partial charge in [-0.3, -0.25) is 0 Å². The normalized spacial score (nSPS) is 17.0. The van der Waals surface area contributed by atoms with E-state index in [9.17, 15) is 27.4 Å². The number of aromatic carboxylic acids is 1. The summed E-state index contributed by atoms with van der Waals surface area (Å²) >= 11 is 1.16. The highest BCUT2D eigenvalue weighted by atomic mass is 32.3. The number of aromatic nitrogens is 3. The van der Waals surface area contributed by atoms with Crippen LogP contribution in [0, 0.1) is 17.6 Å². The Bertz CT molecular complexity index is 1670. The van der Waals surface area contributed by atoms with E-state index in [2.05, 4.69) is 4.98 Å². The lowest BCUT2D eigenvalue weighted by atomic mass is 9.79. The van der Waals surface area contributed by atoms with Gasteiger partial charge in [0.15, 0.2) is 11.5 Å². The van der Waals surface area contributed by atoms with Gasteiger partial charge < -0.3 is 5.11 Å². The van der Waals surface area contributed by atoms with Crippen molar-refractivity contribution in [2.45, 2.75) is 55.8 Å². The van der Waals surface area contributed by atoms with Crippen molar-refractivity contribution in [1.29, 1.82) is 0 Å². The van der Waals surface area contributed by atoms with Gasteiger partial charge in [-0.25, -0.2) is 23.2 Å². The Hall–Kier alpha value is -3.32. The van der Waals surface area contributed by atoms with Crippen LogP contribution in [0.15, 0.2) is 46.7 Å². The first kappa shape index (κ1) is 26.9. The summed E-state index contributed by atoms with van der Waals surface area (Å²) in [6.07, 6.45) is 5.89. The van der Waals surface area contributed by atoms with E-state index >= 15 is 0 Å². The number of hydrogen-bond acceptors (Lipinski definition) is 5. The molecule has 8 nitrogen and oxygen atoms in total. The Labute approximate surface area is 234 Å². The molecule has 2 heterocycles. The van der Waals surface area contributed by atoms with E-state index in [1.54, 1.807) is 16.8 Å². The zero-order valence-corrected chi connectivity index (χ0v) is 23.0.